The molecule has 4 aromatic rings. The summed E-state index contributed by atoms with van der Waals surface area (Å²) in [5, 5.41) is 10.1. The molecule has 7 nitrogen and oxygen atoms in total. The summed E-state index contributed by atoms with van der Waals surface area (Å²) in [4.78, 5) is 19.3. The number of benzene rings is 2. The van der Waals surface area contributed by atoms with Crippen LogP contribution in [-0.2, 0) is 11.3 Å². The van der Waals surface area contributed by atoms with Gasteiger partial charge in [-0.3, -0.25) is 9.36 Å². The van der Waals surface area contributed by atoms with Crippen LogP contribution in [0.3, 0.4) is 0 Å². The first-order chi connectivity index (χ1) is 15.9. The average molecular weight is 483 g/mol. The van der Waals surface area contributed by atoms with Crippen LogP contribution in [0.2, 0.25) is 5.02 Å². The molecule has 0 saturated heterocycles. The van der Waals surface area contributed by atoms with Gasteiger partial charge < -0.3 is 9.47 Å². The van der Waals surface area contributed by atoms with E-state index < -0.39 is 0 Å². The van der Waals surface area contributed by atoms with Gasteiger partial charge in [0.2, 0.25) is 5.91 Å². The van der Waals surface area contributed by atoms with Gasteiger partial charge in [-0.1, -0.05) is 47.6 Å². The van der Waals surface area contributed by atoms with Crippen molar-refractivity contribution < 1.29 is 4.79 Å². The Kier molecular flexibility index (Phi) is 7.05. The highest BCUT2D eigenvalue weighted by molar-refractivity contribution is 7.99. The summed E-state index contributed by atoms with van der Waals surface area (Å²) in [7, 11) is 0. The Morgan fingerprint density at radius 3 is 2.45 bits per heavy atom. The second-order valence-electron chi connectivity index (χ2n) is 8.32. The number of fused-ring (bicyclic) bond motifs is 1. The predicted molar refractivity (Wildman–Crippen MR) is 133 cm³/mol. The van der Waals surface area contributed by atoms with Crippen molar-refractivity contribution in [1.29, 1.82) is 0 Å². The molecule has 0 saturated carbocycles. The number of hydrogen-bond acceptors (Lipinski definition) is 5. The summed E-state index contributed by atoms with van der Waals surface area (Å²) in [5.74, 6) is 1.05. The Morgan fingerprint density at radius 1 is 1.03 bits per heavy atom. The Balaban J connectivity index is 1.67. The molecule has 4 rings (SSSR count). The lowest BCUT2D eigenvalue weighted by Gasteiger charge is -2.30. The van der Waals surface area contributed by atoms with Crippen molar-refractivity contribution in [3.8, 4) is 5.69 Å². The van der Waals surface area contributed by atoms with Crippen LogP contribution < -0.4 is 0 Å². The maximum atomic E-state index is 12.9. The number of amides is 1. The summed E-state index contributed by atoms with van der Waals surface area (Å²) in [5.41, 5.74) is 2.71. The maximum Gasteiger partial charge on any atom is 0.233 e. The molecule has 0 aliphatic carbocycles. The minimum atomic E-state index is 0.0702. The van der Waals surface area contributed by atoms with Gasteiger partial charge in [-0.05, 0) is 52.0 Å². The molecule has 0 aliphatic heterocycles. The number of para-hydroxylation sites is 3. The standard InChI is InChI=1S/C24H27ClN6OS/c1-16(2)30(17(3)4)23(32)14-33-24-28-27-22(31(24)20-11-7-5-9-18(20)25)13-29-15-26-19-10-6-8-12-21(19)29/h5-12,15-17H,13-14H2,1-4H3. The molecule has 0 unspecified atom stereocenters. The maximum absolute atomic E-state index is 12.9. The van der Waals surface area contributed by atoms with Crippen LogP contribution in [0.1, 0.15) is 33.5 Å². The minimum Gasteiger partial charge on any atom is -0.337 e. The van der Waals surface area contributed by atoms with E-state index in [1.165, 1.54) is 11.8 Å². The van der Waals surface area contributed by atoms with Crippen LogP contribution in [-0.4, -0.2) is 53.0 Å². The molecule has 0 atom stereocenters. The van der Waals surface area contributed by atoms with Gasteiger partial charge in [-0.25, -0.2) is 4.98 Å². The summed E-state index contributed by atoms with van der Waals surface area (Å²) >= 11 is 7.93. The number of carbonyl (C=O) groups is 1. The molecule has 0 radical (unpaired) electrons. The van der Waals surface area contributed by atoms with E-state index in [0.29, 0.717) is 22.5 Å². The number of hydrogen-bond donors (Lipinski definition) is 0. The minimum absolute atomic E-state index is 0.0702. The second-order valence-corrected chi connectivity index (χ2v) is 9.67. The van der Waals surface area contributed by atoms with Crippen LogP contribution in [0.4, 0.5) is 0 Å². The molecule has 0 N–H and O–H groups in total. The highest BCUT2D eigenvalue weighted by Crippen LogP contribution is 2.28. The molecule has 2 aromatic heterocycles. The zero-order valence-electron chi connectivity index (χ0n) is 19.1. The third kappa shape index (κ3) is 4.91. The zero-order valence-corrected chi connectivity index (χ0v) is 20.7. The molecule has 2 aromatic carbocycles. The first-order valence-electron chi connectivity index (χ1n) is 10.9. The van der Waals surface area contributed by atoms with Crippen LogP contribution in [0.5, 0.6) is 0 Å². The molecule has 33 heavy (non-hydrogen) atoms. The van der Waals surface area contributed by atoms with Gasteiger partial charge in [0, 0.05) is 12.1 Å². The molecule has 2 heterocycles. The van der Waals surface area contributed by atoms with Crippen molar-refractivity contribution >= 4 is 40.3 Å². The Bertz CT molecular complexity index is 1260. The highest BCUT2D eigenvalue weighted by atomic mass is 35.5. The van der Waals surface area contributed by atoms with Gasteiger partial charge in [-0.15, -0.1) is 10.2 Å². The van der Waals surface area contributed by atoms with E-state index >= 15 is 0 Å². The number of nitrogens with zero attached hydrogens (tertiary/aromatic N) is 6. The van der Waals surface area contributed by atoms with Crippen molar-refractivity contribution in [1.82, 2.24) is 29.2 Å². The number of halogens is 1. The average Bonchev–Trinajstić information content (AvgIpc) is 3.37. The van der Waals surface area contributed by atoms with Gasteiger partial charge in [-0.2, -0.15) is 0 Å². The van der Waals surface area contributed by atoms with E-state index in [-0.39, 0.29) is 23.7 Å². The fourth-order valence-corrected chi connectivity index (χ4v) is 5.09. The summed E-state index contributed by atoms with van der Waals surface area (Å²) < 4.78 is 3.97. The number of rotatable bonds is 8. The van der Waals surface area contributed by atoms with E-state index in [2.05, 4.69) is 15.2 Å². The van der Waals surface area contributed by atoms with Crippen LogP contribution >= 0.6 is 23.4 Å². The van der Waals surface area contributed by atoms with Gasteiger partial charge in [0.1, 0.15) is 0 Å². The lowest BCUT2D eigenvalue weighted by Crippen LogP contribution is -2.43. The van der Waals surface area contributed by atoms with E-state index in [0.717, 1.165) is 16.7 Å². The van der Waals surface area contributed by atoms with E-state index in [1.54, 1.807) is 6.33 Å². The third-order valence-electron chi connectivity index (χ3n) is 5.36. The lowest BCUT2D eigenvalue weighted by molar-refractivity contribution is -0.131. The molecular formula is C24H27ClN6OS. The number of aromatic nitrogens is 5. The quantitative estimate of drug-likeness (QED) is 0.328. The molecular weight excluding hydrogens is 456 g/mol. The molecule has 1 amide bonds. The molecule has 0 bridgehead atoms. The van der Waals surface area contributed by atoms with Crippen molar-refractivity contribution in [2.75, 3.05) is 5.75 Å². The van der Waals surface area contributed by atoms with Crippen molar-refractivity contribution in [2.45, 2.75) is 51.5 Å². The Labute approximate surface area is 202 Å². The van der Waals surface area contributed by atoms with E-state index in [4.69, 9.17) is 11.6 Å². The van der Waals surface area contributed by atoms with Crippen LogP contribution in [0, 0.1) is 0 Å². The molecule has 9 heteroatoms. The van der Waals surface area contributed by atoms with Gasteiger partial charge in [0.15, 0.2) is 11.0 Å². The van der Waals surface area contributed by atoms with Gasteiger partial charge in [0.25, 0.3) is 0 Å². The molecule has 0 aliphatic rings. The van der Waals surface area contributed by atoms with E-state index in [1.807, 2.05) is 90.3 Å². The summed E-state index contributed by atoms with van der Waals surface area (Å²) in [6, 6.07) is 15.8. The lowest BCUT2D eigenvalue weighted by atomic mass is 10.2. The molecule has 172 valence electrons. The SMILES string of the molecule is CC(C)N(C(=O)CSc1nnc(Cn2cnc3ccccc32)n1-c1ccccc1Cl)C(C)C. The number of carbonyl (C=O) groups excluding carboxylic acids is 1. The zero-order chi connectivity index (χ0) is 23.5. The normalized spacial score (nSPS) is 11.6. The topological polar surface area (TPSA) is 68.8 Å². The highest BCUT2D eigenvalue weighted by Gasteiger charge is 2.23. The van der Waals surface area contributed by atoms with Crippen molar-refractivity contribution in [3.63, 3.8) is 0 Å². The largest absolute Gasteiger partial charge is 0.337 e. The fourth-order valence-electron chi connectivity index (χ4n) is 4.03. The monoisotopic (exact) mass is 482 g/mol. The fraction of sp³-hybridized carbons (Fsp3) is 0.333. The number of imidazole rings is 1. The summed E-state index contributed by atoms with van der Waals surface area (Å²) in [6.07, 6.45) is 1.80. The number of thioether (sulfide) groups is 1. The van der Waals surface area contributed by atoms with Crippen LogP contribution in [0.15, 0.2) is 60.0 Å². The van der Waals surface area contributed by atoms with Crippen molar-refractivity contribution in [3.05, 3.63) is 65.7 Å². The Hall–Kier alpha value is -2.84. The molecule has 0 spiro atoms. The van der Waals surface area contributed by atoms with Crippen LogP contribution in [0.25, 0.3) is 16.7 Å². The van der Waals surface area contributed by atoms with E-state index in [9.17, 15) is 4.79 Å². The smallest absolute Gasteiger partial charge is 0.233 e. The third-order valence-corrected chi connectivity index (χ3v) is 6.59. The van der Waals surface area contributed by atoms with Gasteiger partial charge >= 0.3 is 0 Å². The molecule has 0 fully saturated rings. The second kappa shape index (κ2) is 9.97. The van der Waals surface area contributed by atoms with Crippen molar-refractivity contribution in [2.24, 2.45) is 0 Å². The predicted octanol–water partition coefficient (Wildman–Crippen LogP) is 5.06. The van der Waals surface area contributed by atoms with Gasteiger partial charge in [0.05, 0.1) is 40.4 Å². The first kappa shape index (κ1) is 23.3. The first-order valence-corrected chi connectivity index (χ1v) is 12.3. The summed E-state index contributed by atoms with van der Waals surface area (Å²) in [6.45, 7) is 8.59. The Morgan fingerprint density at radius 2 is 1.73 bits per heavy atom.